The molecule has 2 heteroatoms. The van der Waals surface area contributed by atoms with Gasteiger partial charge in [0.1, 0.15) is 0 Å². The third-order valence-electron chi connectivity index (χ3n) is 3.24. The lowest BCUT2D eigenvalue weighted by atomic mass is 10.1. The van der Waals surface area contributed by atoms with Crippen molar-refractivity contribution in [2.45, 2.75) is 33.4 Å². The quantitative estimate of drug-likeness (QED) is 0.529. The summed E-state index contributed by atoms with van der Waals surface area (Å²) in [7, 11) is 0. The molecule has 2 aromatic carbocycles. The van der Waals surface area contributed by atoms with Crippen LogP contribution >= 0.6 is 0 Å². The smallest absolute Gasteiger partial charge is 0.0614 e. The predicted molar refractivity (Wildman–Crippen MR) is 90.1 cm³/mol. The molecule has 21 heavy (non-hydrogen) atoms. The Hall–Kier alpha value is -2.09. The highest BCUT2D eigenvalue weighted by Crippen LogP contribution is 2.10. The molecule has 0 radical (unpaired) electrons. The third-order valence-corrected chi connectivity index (χ3v) is 3.24. The first-order valence-corrected chi connectivity index (χ1v) is 7.59. The van der Waals surface area contributed by atoms with Gasteiger partial charge in [-0.2, -0.15) is 5.10 Å². The molecule has 2 aromatic rings. The van der Waals surface area contributed by atoms with Gasteiger partial charge >= 0.3 is 0 Å². The molecule has 0 saturated heterocycles. The highest BCUT2D eigenvalue weighted by Gasteiger charge is 2.03. The Labute approximate surface area is 128 Å². The van der Waals surface area contributed by atoms with Crippen LogP contribution < -0.4 is 0 Å². The fourth-order valence-corrected chi connectivity index (χ4v) is 2.10. The largest absolute Gasteiger partial charge is 0.289 e. The molecular weight excluding hydrogens is 256 g/mol. The standard InChI is InChI=1S/C19H24N2/c1-17(2)13-14-20-21(15-18-9-5-3-6-10-18)16-19-11-7-4-8-12-19/h3-12,14,17H,13,15-16H2,1-2H3/b20-14-. The molecule has 0 atom stereocenters. The lowest BCUT2D eigenvalue weighted by Crippen LogP contribution is -2.17. The van der Waals surface area contributed by atoms with Crippen molar-refractivity contribution in [1.29, 1.82) is 0 Å². The maximum absolute atomic E-state index is 4.66. The molecule has 110 valence electrons. The van der Waals surface area contributed by atoms with Crippen molar-refractivity contribution in [3.63, 3.8) is 0 Å². The summed E-state index contributed by atoms with van der Waals surface area (Å²) in [6.45, 7) is 6.10. The monoisotopic (exact) mass is 280 g/mol. The number of rotatable bonds is 7. The number of hydrogen-bond donors (Lipinski definition) is 0. The van der Waals surface area contributed by atoms with E-state index in [0.717, 1.165) is 19.5 Å². The summed E-state index contributed by atoms with van der Waals surface area (Å²) in [4.78, 5) is 0. The minimum Gasteiger partial charge on any atom is -0.289 e. The summed E-state index contributed by atoms with van der Waals surface area (Å²) in [5.74, 6) is 0.643. The summed E-state index contributed by atoms with van der Waals surface area (Å²) < 4.78 is 0. The van der Waals surface area contributed by atoms with Gasteiger partial charge < -0.3 is 0 Å². The maximum Gasteiger partial charge on any atom is 0.0614 e. The van der Waals surface area contributed by atoms with Gasteiger partial charge in [0.2, 0.25) is 0 Å². The van der Waals surface area contributed by atoms with E-state index in [1.54, 1.807) is 0 Å². The molecule has 0 N–H and O–H groups in total. The van der Waals surface area contributed by atoms with Crippen molar-refractivity contribution in [1.82, 2.24) is 5.01 Å². The van der Waals surface area contributed by atoms with E-state index in [0.29, 0.717) is 5.92 Å². The third kappa shape index (κ3) is 5.82. The second kappa shape index (κ2) is 8.25. The van der Waals surface area contributed by atoms with E-state index in [1.165, 1.54) is 11.1 Å². The van der Waals surface area contributed by atoms with Crippen LogP contribution in [0.1, 0.15) is 31.4 Å². The van der Waals surface area contributed by atoms with Crippen LogP contribution in [0, 0.1) is 5.92 Å². The van der Waals surface area contributed by atoms with E-state index in [-0.39, 0.29) is 0 Å². The molecule has 0 aliphatic heterocycles. The Morgan fingerprint density at radius 3 is 1.76 bits per heavy atom. The lowest BCUT2D eigenvalue weighted by Gasteiger charge is -2.19. The van der Waals surface area contributed by atoms with Crippen molar-refractivity contribution in [3.8, 4) is 0 Å². The van der Waals surface area contributed by atoms with Gasteiger partial charge in [0.25, 0.3) is 0 Å². The predicted octanol–water partition coefficient (Wildman–Crippen LogP) is 4.72. The van der Waals surface area contributed by atoms with E-state index < -0.39 is 0 Å². The SMILES string of the molecule is CC(C)C/C=N\N(Cc1ccccc1)Cc1ccccc1. The summed E-state index contributed by atoms with van der Waals surface area (Å²) in [6, 6.07) is 21.0. The van der Waals surface area contributed by atoms with Gasteiger partial charge in [0.15, 0.2) is 0 Å². The van der Waals surface area contributed by atoms with Crippen LogP contribution in [0.2, 0.25) is 0 Å². The molecule has 0 saturated carbocycles. The molecule has 0 aliphatic rings. The first-order chi connectivity index (χ1) is 10.2. The minimum atomic E-state index is 0.643. The van der Waals surface area contributed by atoms with Crippen LogP contribution in [0.3, 0.4) is 0 Å². The zero-order valence-corrected chi connectivity index (χ0v) is 12.9. The lowest BCUT2D eigenvalue weighted by molar-refractivity contribution is 0.271. The van der Waals surface area contributed by atoms with Crippen molar-refractivity contribution >= 4 is 6.21 Å². The molecule has 0 fully saturated rings. The van der Waals surface area contributed by atoms with Gasteiger partial charge in [-0.1, -0.05) is 74.5 Å². The number of hydrazone groups is 1. The second-order valence-corrected chi connectivity index (χ2v) is 5.72. The van der Waals surface area contributed by atoms with Crippen LogP contribution in [-0.2, 0) is 13.1 Å². The molecular formula is C19H24N2. The maximum atomic E-state index is 4.66. The van der Waals surface area contributed by atoms with Crippen LogP contribution in [-0.4, -0.2) is 11.2 Å². The van der Waals surface area contributed by atoms with Crippen LogP contribution in [0.15, 0.2) is 65.8 Å². The van der Waals surface area contributed by atoms with Gasteiger partial charge in [-0.05, 0) is 23.5 Å². The van der Waals surface area contributed by atoms with E-state index in [9.17, 15) is 0 Å². The normalized spacial score (nSPS) is 11.2. The number of nitrogens with zero attached hydrogens (tertiary/aromatic N) is 2. The molecule has 0 amide bonds. The summed E-state index contributed by atoms with van der Waals surface area (Å²) in [6.07, 6.45) is 3.05. The molecule has 0 unspecified atom stereocenters. The summed E-state index contributed by atoms with van der Waals surface area (Å²) in [5.41, 5.74) is 2.57. The first-order valence-electron chi connectivity index (χ1n) is 7.59. The zero-order valence-electron chi connectivity index (χ0n) is 12.9. The Bertz CT molecular complexity index is 491. The van der Waals surface area contributed by atoms with Gasteiger partial charge in [-0.25, -0.2) is 0 Å². The molecule has 0 aliphatic carbocycles. The van der Waals surface area contributed by atoms with Crippen molar-refractivity contribution < 1.29 is 0 Å². The molecule has 2 nitrogen and oxygen atoms in total. The Balaban J connectivity index is 2.04. The highest BCUT2D eigenvalue weighted by atomic mass is 15.4. The van der Waals surface area contributed by atoms with Crippen molar-refractivity contribution in [2.75, 3.05) is 0 Å². The van der Waals surface area contributed by atoms with Crippen LogP contribution in [0.25, 0.3) is 0 Å². The molecule has 0 heterocycles. The summed E-state index contributed by atoms with van der Waals surface area (Å²) in [5, 5.41) is 6.79. The fraction of sp³-hybridized carbons (Fsp3) is 0.316. The van der Waals surface area contributed by atoms with Gasteiger partial charge in [0.05, 0.1) is 13.1 Å². The van der Waals surface area contributed by atoms with Crippen LogP contribution in [0.4, 0.5) is 0 Å². The summed E-state index contributed by atoms with van der Waals surface area (Å²) >= 11 is 0. The van der Waals surface area contributed by atoms with Gasteiger partial charge in [-0.3, -0.25) is 5.01 Å². The zero-order chi connectivity index (χ0) is 14.9. The van der Waals surface area contributed by atoms with E-state index in [2.05, 4.69) is 72.5 Å². The molecule has 0 bridgehead atoms. The molecule has 2 rings (SSSR count). The van der Waals surface area contributed by atoms with Crippen molar-refractivity contribution in [3.05, 3.63) is 71.8 Å². The first kappa shape index (κ1) is 15.3. The Kier molecular flexibility index (Phi) is 6.01. The average Bonchev–Trinajstić information content (AvgIpc) is 2.49. The van der Waals surface area contributed by atoms with E-state index >= 15 is 0 Å². The Morgan fingerprint density at radius 2 is 1.33 bits per heavy atom. The van der Waals surface area contributed by atoms with Crippen LogP contribution in [0.5, 0.6) is 0 Å². The molecule has 0 aromatic heterocycles. The van der Waals surface area contributed by atoms with E-state index in [1.807, 2.05) is 18.3 Å². The topological polar surface area (TPSA) is 15.6 Å². The fourth-order valence-electron chi connectivity index (χ4n) is 2.10. The minimum absolute atomic E-state index is 0.643. The average molecular weight is 280 g/mol. The highest BCUT2D eigenvalue weighted by molar-refractivity contribution is 5.56. The number of benzene rings is 2. The Morgan fingerprint density at radius 1 is 0.857 bits per heavy atom. The van der Waals surface area contributed by atoms with Gasteiger partial charge in [-0.15, -0.1) is 0 Å². The van der Waals surface area contributed by atoms with Gasteiger partial charge in [0, 0.05) is 6.21 Å². The second-order valence-electron chi connectivity index (χ2n) is 5.72. The van der Waals surface area contributed by atoms with E-state index in [4.69, 9.17) is 0 Å². The van der Waals surface area contributed by atoms with Crippen molar-refractivity contribution in [2.24, 2.45) is 11.0 Å². The number of hydrogen-bond acceptors (Lipinski definition) is 2. The molecule has 0 spiro atoms.